The van der Waals surface area contributed by atoms with Crippen LogP contribution in [0.5, 0.6) is 0 Å². The average molecular weight is 316 g/mol. The Kier molecular flexibility index (Phi) is 6.17. The second kappa shape index (κ2) is 7.20. The molecule has 0 saturated carbocycles. The summed E-state index contributed by atoms with van der Waals surface area (Å²) in [4.78, 5) is 0.912. The van der Waals surface area contributed by atoms with E-state index in [2.05, 4.69) is 11.8 Å². The maximum Gasteiger partial charge on any atom is 0.282 e. The van der Waals surface area contributed by atoms with E-state index in [9.17, 15) is 8.42 Å². The van der Waals surface area contributed by atoms with Crippen LogP contribution in [-0.2, 0) is 16.8 Å². The van der Waals surface area contributed by atoms with Gasteiger partial charge in [-0.05, 0) is 19.9 Å². The van der Waals surface area contributed by atoms with Gasteiger partial charge < -0.3 is 5.11 Å². The molecular formula is C13H20N2O3S2. The van der Waals surface area contributed by atoms with Crippen molar-refractivity contribution in [1.29, 1.82) is 0 Å². The Morgan fingerprint density at radius 3 is 2.60 bits per heavy atom. The Balaban J connectivity index is 2.80. The van der Waals surface area contributed by atoms with Crippen LogP contribution >= 0.6 is 11.3 Å². The monoisotopic (exact) mass is 316 g/mol. The summed E-state index contributed by atoms with van der Waals surface area (Å²) in [6, 6.07) is 1.76. The third-order valence-electron chi connectivity index (χ3n) is 2.83. The maximum absolute atomic E-state index is 12.3. The molecule has 0 unspecified atom stereocenters. The maximum atomic E-state index is 12.3. The molecular weight excluding hydrogens is 296 g/mol. The zero-order chi connectivity index (χ0) is 15.3. The van der Waals surface area contributed by atoms with Crippen LogP contribution in [0, 0.1) is 11.8 Å². The van der Waals surface area contributed by atoms with Crippen LogP contribution in [0.15, 0.2) is 11.4 Å². The normalized spacial score (nSPS) is 12.0. The summed E-state index contributed by atoms with van der Waals surface area (Å²) < 4.78 is 27.2. The number of hydrogen-bond acceptors (Lipinski definition) is 4. The summed E-state index contributed by atoms with van der Waals surface area (Å²) in [7, 11) is -0.312. The van der Waals surface area contributed by atoms with Gasteiger partial charge in [-0.15, -0.1) is 11.3 Å². The molecule has 7 heteroatoms. The Bertz CT molecular complexity index is 597. The molecule has 1 aromatic rings. The van der Waals surface area contributed by atoms with Crippen molar-refractivity contribution in [3.63, 3.8) is 0 Å². The number of aliphatic hydroxyl groups excluding tert-OH is 1. The molecule has 1 rings (SSSR count). The molecule has 20 heavy (non-hydrogen) atoms. The van der Waals surface area contributed by atoms with Gasteiger partial charge >= 0.3 is 0 Å². The minimum atomic E-state index is -3.45. The summed E-state index contributed by atoms with van der Waals surface area (Å²) >= 11 is 1.46. The predicted molar refractivity (Wildman–Crippen MR) is 81.6 cm³/mol. The average Bonchev–Trinajstić information content (AvgIpc) is 2.82. The zero-order valence-corrected chi connectivity index (χ0v) is 13.8. The lowest BCUT2D eigenvalue weighted by Gasteiger charge is -2.26. The van der Waals surface area contributed by atoms with Gasteiger partial charge in [0.05, 0.1) is 0 Å². The molecule has 5 nitrogen and oxygen atoms in total. The van der Waals surface area contributed by atoms with E-state index in [0.717, 1.165) is 10.4 Å². The summed E-state index contributed by atoms with van der Waals surface area (Å²) in [5.41, 5.74) is 0.794. The quantitative estimate of drug-likeness (QED) is 0.828. The molecule has 0 spiro atoms. The van der Waals surface area contributed by atoms with Gasteiger partial charge in [0.1, 0.15) is 6.61 Å². The molecule has 1 aromatic heterocycles. The largest absolute Gasteiger partial charge is 0.384 e. The Hall–Kier alpha value is -0.910. The van der Waals surface area contributed by atoms with Crippen LogP contribution in [0.1, 0.15) is 24.3 Å². The van der Waals surface area contributed by atoms with E-state index in [1.54, 1.807) is 14.1 Å². The predicted octanol–water partition coefficient (Wildman–Crippen LogP) is 1.11. The molecule has 112 valence electrons. The number of thiophene rings is 1. The first-order chi connectivity index (χ1) is 9.28. The van der Waals surface area contributed by atoms with Crippen LogP contribution in [0.4, 0.5) is 0 Å². The van der Waals surface area contributed by atoms with Gasteiger partial charge in [-0.3, -0.25) is 0 Å². The molecule has 0 bridgehead atoms. The molecule has 0 fully saturated rings. The minimum absolute atomic E-state index is 0.0863. The van der Waals surface area contributed by atoms with Gasteiger partial charge in [-0.1, -0.05) is 11.8 Å². The van der Waals surface area contributed by atoms with Crippen molar-refractivity contribution in [3.05, 3.63) is 21.9 Å². The molecule has 0 aliphatic rings. The molecule has 0 aliphatic carbocycles. The molecule has 0 saturated heterocycles. The first-order valence-corrected chi connectivity index (χ1v) is 8.43. The van der Waals surface area contributed by atoms with Crippen molar-refractivity contribution in [2.24, 2.45) is 0 Å². The van der Waals surface area contributed by atoms with Crippen LogP contribution in [0.2, 0.25) is 0 Å². The van der Waals surface area contributed by atoms with Crippen LogP contribution < -0.4 is 0 Å². The lowest BCUT2D eigenvalue weighted by atomic mass is 10.3. The molecule has 0 aromatic carbocycles. The van der Waals surface area contributed by atoms with Gasteiger partial charge in [0.15, 0.2) is 0 Å². The summed E-state index contributed by atoms with van der Waals surface area (Å²) in [6.07, 6.45) is 0. The highest BCUT2D eigenvalue weighted by Gasteiger charge is 2.25. The molecule has 0 atom stereocenters. The SMILES string of the molecule is CC(C)N(C)S(=O)(=O)N(C)Cc1cc(C#CCO)cs1. The van der Waals surface area contributed by atoms with E-state index < -0.39 is 10.2 Å². The topological polar surface area (TPSA) is 60.9 Å². The molecule has 1 heterocycles. The Morgan fingerprint density at radius 2 is 2.05 bits per heavy atom. The van der Waals surface area contributed by atoms with Gasteiger partial charge in [0.2, 0.25) is 0 Å². The summed E-state index contributed by atoms with van der Waals surface area (Å²) in [5, 5.41) is 10.5. The zero-order valence-electron chi connectivity index (χ0n) is 12.1. The van der Waals surface area contributed by atoms with E-state index in [0.29, 0.717) is 6.54 Å². The lowest BCUT2D eigenvalue weighted by molar-refractivity contribution is 0.350. The van der Waals surface area contributed by atoms with Crippen LogP contribution in [-0.4, -0.2) is 48.9 Å². The smallest absolute Gasteiger partial charge is 0.282 e. The third kappa shape index (κ3) is 4.30. The fourth-order valence-electron chi connectivity index (χ4n) is 1.46. The van der Waals surface area contributed by atoms with E-state index in [1.807, 2.05) is 25.3 Å². The third-order valence-corrected chi connectivity index (χ3v) is 5.82. The Labute approximate surface area is 125 Å². The standard InChI is InChI=1S/C13H20N2O3S2/c1-11(2)15(4)20(17,18)14(3)9-13-8-12(10-19-13)6-5-7-16/h8,10-11,16H,7,9H2,1-4H3. The van der Waals surface area contributed by atoms with E-state index in [4.69, 9.17) is 5.11 Å². The Morgan fingerprint density at radius 1 is 1.40 bits per heavy atom. The lowest BCUT2D eigenvalue weighted by Crippen LogP contribution is -2.42. The van der Waals surface area contributed by atoms with Crippen LogP contribution in [0.3, 0.4) is 0 Å². The first kappa shape index (κ1) is 17.1. The number of rotatable bonds is 5. The van der Waals surface area contributed by atoms with E-state index in [1.165, 1.54) is 19.9 Å². The van der Waals surface area contributed by atoms with Gasteiger partial charge in [0, 0.05) is 42.5 Å². The fourth-order valence-corrected chi connectivity index (χ4v) is 3.68. The highest BCUT2D eigenvalue weighted by Crippen LogP contribution is 2.18. The molecule has 0 aliphatic heterocycles. The van der Waals surface area contributed by atoms with Crippen molar-refractivity contribution < 1.29 is 13.5 Å². The van der Waals surface area contributed by atoms with E-state index >= 15 is 0 Å². The molecule has 1 N–H and O–H groups in total. The van der Waals surface area contributed by atoms with E-state index in [-0.39, 0.29) is 12.6 Å². The van der Waals surface area contributed by atoms with Crippen molar-refractivity contribution in [3.8, 4) is 11.8 Å². The second-order valence-corrected chi connectivity index (χ2v) is 7.73. The number of hydrogen-bond donors (Lipinski definition) is 1. The molecule has 0 radical (unpaired) electrons. The van der Waals surface area contributed by atoms with Gasteiger partial charge in [-0.2, -0.15) is 17.0 Å². The summed E-state index contributed by atoms with van der Waals surface area (Å²) in [6.45, 7) is 3.79. The van der Waals surface area contributed by atoms with Crippen molar-refractivity contribution in [2.75, 3.05) is 20.7 Å². The minimum Gasteiger partial charge on any atom is -0.384 e. The second-order valence-electron chi connectivity index (χ2n) is 4.64. The summed E-state index contributed by atoms with van der Waals surface area (Å²) in [5.74, 6) is 5.37. The highest BCUT2D eigenvalue weighted by molar-refractivity contribution is 7.86. The van der Waals surface area contributed by atoms with Gasteiger partial charge in [0.25, 0.3) is 10.2 Å². The number of aliphatic hydroxyl groups is 1. The van der Waals surface area contributed by atoms with Crippen LogP contribution in [0.25, 0.3) is 0 Å². The fraction of sp³-hybridized carbons (Fsp3) is 0.538. The van der Waals surface area contributed by atoms with Crippen molar-refractivity contribution in [1.82, 2.24) is 8.61 Å². The highest BCUT2D eigenvalue weighted by atomic mass is 32.2. The van der Waals surface area contributed by atoms with Crippen molar-refractivity contribution >= 4 is 21.5 Å². The van der Waals surface area contributed by atoms with Crippen molar-refractivity contribution in [2.45, 2.75) is 26.4 Å². The number of nitrogens with zero attached hydrogens (tertiary/aromatic N) is 2. The van der Waals surface area contributed by atoms with Gasteiger partial charge in [-0.25, -0.2) is 0 Å². The first-order valence-electron chi connectivity index (χ1n) is 6.15. The molecule has 0 amide bonds.